The van der Waals surface area contributed by atoms with Gasteiger partial charge in [0.05, 0.1) is 19.8 Å². The average Bonchev–Trinajstić information content (AvgIpc) is 2.79. The highest BCUT2D eigenvalue weighted by Gasteiger charge is 2.39. The first kappa shape index (κ1) is 24.1. The van der Waals surface area contributed by atoms with Crippen LogP contribution in [0.15, 0.2) is 60.7 Å². The summed E-state index contributed by atoms with van der Waals surface area (Å²) in [6.07, 6.45) is -8.02. The fourth-order valence-electron chi connectivity index (χ4n) is 2.88. The number of ketones is 1. The number of benzene rings is 2. The average molecular weight is 420 g/mol. The predicted molar refractivity (Wildman–Crippen MR) is 107 cm³/mol. The molecule has 0 unspecified atom stereocenters. The smallest absolute Gasteiger partial charge is 0.189 e. The molecule has 0 fully saturated rings. The first-order valence-corrected chi connectivity index (χ1v) is 9.57. The van der Waals surface area contributed by atoms with E-state index in [9.17, 15) is 25.2 Å². The van der Waals surface area contributed by atoms with E-state index in [2.05, 4.69) is 0 Å². The molecule has 0 aliphatic rings. The van der Waals surface area contributed by atoms with E-state index in [1.165, 1.54) is 0 Å². The van der Waals surface area contributed by atoms with E-state index in [1.807, 2.05) is 36.4 Å². The van der Waals surface area contributed by atoms with E-state index in [1.54, 1.807) is 24.3 Å². The number of carbonyl (C=O) groups excluding carboxylic acids is 1. The molecule has 0 spiro atoms. The molecule has 164 valence electrons. The lowest BCUT2D eigenvalue weighted by molar-refractivity contribution is -0.183. The van der Waals surface area contributed by atoms with Crippen LogP contribution < -0.4 is 0 Å². The number of hydrogen-bond donors (Lipinski definition) is 5. The van der Waals surface area contributed by atoms with Gasteiger partial charge in [0.25, 0.3) is 0 Å². The van der Waals surface area contributed by atoms with Crippen molar-refractivity contribution in [2.75, 3.05) is 13.2 Å². The van der Waals surface area contributed by atoms with Gasteiger partial charge in [0.1, 0.15) is 37.1 Å². The van der Waals surface area contributed by atoms with Crippen molar-refractivity contribution in [1.82, 2.24) is 0 Å². The van der Waals surface area contributed by atoms with E-state index < -0.39 is 49.5 Å². The molecule has 2 rings (SSSR count). The summed E-state index contributed by atoms with van der Waals surface area (Å²) in [6.45, 7) is -1.51. The molecule has 0 aliphatic heterocycles. The van der Waals surface area contributed by atoms with E-state index in [0.29, 0.717) is 0 Å². The van der Waals surface area contributed by atoms with Gasteiger partial charge in [-0.1, -0.05) is 60.7 Å². The molecule has 0 radical (unpaired) electrons. The largest absolute Gasteiger partial charge is 0.394 e. The first-order valence-electron chi connectivity index (χ1n) is 9.57. The van der Waals surface area contributed by atoms with Gasteiger partial charge in [0.15, 0.2) is 5.78 Å². The van der Waals surface area contributed by atoms with Crippen LogP contribution in [0.4, 0.5) is 0 Å². The maximum absolute atomic E-state index is 11.6. The van der Waals surface area contributed by atoms with Crippen molar-refractivity contribution in [1.29, 1.82) is 0 Å². The van der Waals surface area contributed by atoms with Gasteiger partial charge in [0, 0.05) is 0 Å². The van der Waals surface area contributed by atoms with Crippen molar-refractivity contribution in [3.05, 3.63) is 71.8 Å². The summed E-state index contributed by atoms with van der Waals surface area (Å²) in [4.78, 5) is 11.6. The molecular formula is C22H28O8. The molecule has 0 saturated carbocycles. The minimum atomic E-state index is -1.97. The zero-order valence-electron chi connectivity index (χ0n) is 16.4. The zero-order valence-corrected chi connectivity index (χ0v) is 16.4. The quantitative estimate of drug-likeness (QED) is 0.300. The van der Waals surface area contributed by atoms with Gasteiger partial charge in [-0.3, -0.25) is 4.79 Å². The highest BCUT2D eigenvalue weighted by atomic mass is 16.5. The lowest BCUT2D eigenvalue weighted by atomic mass is 9.97. The number of aliphatic hydroxyl groups excluding tert-OH is 5. The van der Waals surface area contributed by atoms with Crippen LogP contribution in [-0.4, -0.2) is 75.0 Å². The van der Waals surface area contributed by atoms with Gasteiger partial charge < -0.3 is 35.0 Å². The molecule has 5 N–H and O–H groups in total. The van der Waals surface area contributed by atoms with Gasteiger partial charge in [-0.05, 0) is 11.1 Å². The predicted octanol–water partition coefficient (Wildman–Crippen LogP) is -0.206. The maximum Gasteiger partial charge on any atom is 0.189 e. The Kier molecular flexibility index (Phi) is 10.0. The van der Waals surface area contributed by atoms with Crippen LogP contribution in [-0.2, 0) is 27.5 Å². The number of hydrogen-bond acceptors (Lipinski definition) is 8. The molecule has 2 aromatic rings. The summed E-state index contributed by atoms with van der Waals surface area (Å²) in [5.74, 6) is -1.02. The summed E-state index contributed by atoms with van der Waals surface area (Å²) in [5.41, 5.74) is 1.54. The van der Waals surface area contributed by atoms with Crippen molar-refractivity contribution in [3.8, 4) is 0 Å². The second-order valence-electron chi connectivity index (χ2n) is 6.83. The number of aliphatic hydroxyl groups is 5. The van der Waals surface area contributed by atoms with Gasteiger partial charge in [0.2, 0.25) is 0 Å². The summed E-state index contributed by atoms with van der Waals surface area (Å²) in [5, 5.41) is 49.9. The number of rotatable bonds is 13. The molecule has 0 bridgehead atoms. The van der Waals surface area contributed by atoms with Gasteiger partial charge in [-0.2, -0.15) is 0 Å². The molecule has 8 nitrogen and oxygen atoms in total. The zero-order chi connectivity index (χ0) is 21.9. The second kappa shape index (κ2) is 12.5. The minimum Gasteiger partial charge on any atom is -0.394 e. The van der Waals surface area contributed by atoms with Crippen molar-refractivity contribution < 1.29 is 39.8 Å². The Hall–Kier alpha value is -2.17. The van der Waals surface area contributed by atoms with Crippen LogP contribution >= 0.6 is 0 Å². The van der Waals surface area contributed by atoms with Crippen LogP contribution in [0.1, 0.15) is 11.1 Å². The summed E-state index contributed by atoms with van der Waals surface area (Å²) < 4.78 is 11.2. The van der Waals surface area contributed by atoms with Gasteiger partial charge >= 0.3 is 0 Å². The Morgan fingerprint density at radius 1 is 0.767 bits per heavy atom. The standard InChI is InChI=1S/C22H28O8/c23-11-17(25)19(26)21(28)22(30-14-16-9-5-2-6-10-16)20(27)18(12-24)29-13-15-7-3-1-4-8-15/h1-10,18-24,26-28H,11-14H2/t18-,19-,20-,21-,22-/m1/s1. The van der Waals surface area contributed by atoms with Gasteiger partial charge in [-0.15, -0.1) is 0 Å². The molecule has 30 heavy (non-hydrogen) atoms. The third kappa shape index (κ3) is 6.96. The van der Waals surface area contributed by atoms with Crippen LogP contribution in [0.5, 0.6) is 0 Å². The molecule has 8 heteroatoms. The number of ether oxygens (including phenoxy) is 2. The van der Waals surface area contributed by atoms with E-state index >= 15 is 0 Å². The number of Topliss-reactive ketones (excluding diaryl/α,β-unsaturated/α-hetero) is 1. The fourth-order valence-corrected chi connectivity index (χ4v) is 2.88. The topological polar surface area (TPSA) is 137 Å². The SMILES string of the molecule is O=C(CO)[C@@H](O)[C@@H](O)[C@H](OCc1ccccc1)[C@H](O)[C@@H](CO)OCc1ccccc1. The molecule has 0 aromatic heterocycles. The van der Waals surface area contributed by atoms with Crippen molar-refractivity contribution >= 4 is 5.78 Å². The third-order valence-corrected chi connectivity index (χ3v) is 4.64. The molecule has 2 aromatic carbocycles. The third-order valence-electron chi connectivity index (χ3n) is 4.64. The van der Waals surface area contributed by atoms with Gasteiger partial charge in [-0.25, -0.2) is 0 Å². The summed E-state index contributed by atoms with van der Waals surface area (Å²) in [7, 11) is 0. The summed E-state index contributed by atoms with van der Waals surface area (Å²) in [6, 6.07) is 18.0. The molecular weight excluding hydrogens is 392 g/mol. The molecule has 0 heterocycles. The summed E-state index contributed by atoms with van der Waals surface area (Å²) >= 11 is 0. The Bertz CT molecular complexity index is 739. The normalized spacial score (nSPS) is 16.4. The van der Waals surface area contributed by atoms with Crippen molar-refractivity contribution in [2.24, 2.45) is 0 Å². The monoisotopic (exact) mass is 420 g/mol. The van der Waals surface area contributed by atoms with Crippen LogP contribution in [0.2, 0.25) is 0 Å². The minimum absolute atomic E-state index is 0.0313. The van der Waals surface area contributed by atoms with Crippen LogP contribution in [0, 0.1) is 0 Å². The Balaban J connectivity index is 2.13. The van der Waals surface area contributed by atoms with Crippen molar-refractivity contribution in [3.63, 3.8) is 0 Å². The van der Waals surface area contributed by atoms with E-state index in [0.717, 1.165) is 11.1 Å². The Morgan fingerprint density at radius 3 is 1.73 bits per heavy atom. The van der Waals surface area contributed by atoms with E-state index in [-0.39, 0.29) is 13.2 Å². The number of carbonyl (C=O) groups is 1. The Labute approximate surface area is 174 Å². The molecule has 0 aliphatic carbocycles. The van der Waals surface area contributed by atoms with Crippen LogP contribution in [0.25, 0.3) is 0 Å². The molecule has 0 amide bonds. The highest BCUT2D eigenvalue weighted by Crippen LogP contribution is 2.18. The highest BCUT2D eigenvalue weighted by molar-refractivity contribution is 5.84. The van der Waals surface area contributed by atoms with E-state index in [4.69, 9.17) is 14.6 Å². The second-order valence-corrected chi connectivity index (χ2v) is 6.83. The van der Waals surface area contributed by atoms with Crippen molar-refractivity contribution in [2.45, 2.75) is 43.7 Å². The Morgan fingerprint density at radius 2 is 1.27 bits per heavy atom. The molecule has 5 atom stereocenters. The lowest BCUT2D eigenvalue weighted by Crippen LogP contribution is -2.54. The maximum atomic E-state index is 11.6. The first-order chi connectivity index (χ1) is 14.5. The van der Waals surface area contributed by atoms with Crippen LogP contribution in [0.3, 0.4) is 0 Å². The fraction of sp³-hybridized carbons (Fsp3) is 0.409. The lowest BCUT2D eigenvalue weighted by Gasteiger charge is -2.33. The molecule has 0 saturated heterocycles.